The van der Waals surface area contributed by atoms with Crippen LogP contribution in [-0.2, 0) is 11.3 Å². The van der Waals surface area contributed by atoms with Crippen molar-refractivity contribution in [3.63, 3.8) is 0 Å². The average Bonchev–Trinajstić information content (AvgIpc) is 2.41. The van der Waals surface area contributed by atoms with Crippen LogP contribution in [0.4, 0.5) is 0 Å². The van der Waals surface area contributed by atoms with Crippen molar-refractivity contribution in [1.82, 2.24) is 5.32 Å². The molecule has 1 aliphatic rings. The summed E-state index contributed by atoms with van der Waals surface area (Å²) >= 11 is 0. The van der Waals surface area contributed by atoms with E-state index in [1.165, 1.54) is 0 Å². The van der Waals surface area contributed by atoms with Crippen LogP contribution in [0.25, 0.3) is 0 Å². The van der Waals surface area contributed by atoms with Gasteiger partial charge in [0.1, 0.15) is 11.2 Å². The maximum atomic E-state index is 12.1. The van der Waals surface area contributed by atoms with Crippen LogP contribution in [0.15, 0.2) is 24.3 Å². The third kappa shape index (κ3) is 2.55. The molecule has 0 aromatic heterocycles. The van der Waals surface area contributed by atoms with Crippen LogP contribution in [0.2, 0.25) is 0 Å². The Hall–Kier alpha value is -2.02. The van der Waals surface area contributed by atoms with Gasteiger partial charge in [-0.15, -0.1) is 0 Å². The number of carbonyl (C=O) groups is 1. The number of hydrogen-bond acceptors (Lipinski definition) is 3. The van der Waals surface area contributed by atoms with E-state index in [0.717, 1.165) is 11.3 Å². The first-order valence-electron chi connectivity index (χ1n) is 6.43. The quantitative estimate of drug-likeness (QED) is 0.901. The van der Waals surface area contributed by atoms with Gasteiger partial charge in [0, 0.05) is 12.1 Å². The lowest BCUT2D eigenvalue weighted by Crippen LogP contribution is -2.47. The minimum Gasteiger partial charge on any atom is -0.496 e. The van der Waals surface area contributed by atoms with E-state index in [4.69, 9.17) is 4.74 Å². The Morgan fingerprint density at radius 3 is 2.79 bits per heavy atom. The zero-order chi connectivity index (χ0) is 13.9. The fourth-order valence-corrected chi connectivity index (χ4v) is 2.65. The molecule has 0 radical (unpaired) electrons. The molecule has 1 aromatic rings. The normalized spacial score (nSPS) is 25.0. The highest BCUT2D eigenvalue weighted by Gasteiger charge is 2.48. The Balaban J connectivity index is 1.99. The van der Waals surface area contributed by atoms with Crippen molar-refractivity contribution in [3.05, 3.63) is 29.8 Å². The molecule has 1 aliphatic carbocycles. The van der Waals surface area contributed by atoms with Gasteiger partial charge in [-0.1, -0.05) is 25.1 Å². The van der Waals surface area contributed by atoms with Crippen molar-refractivity contribution >= 4 is 5.91 Å². The molecule has 4 heteroatoms. The first kappa shape index (κ1) is 13.4. The largest absolute Gasteiger partial charge is 0.496 e. The number of amides is 1. The molecule has 100 valence electrons. The maximum absolute atomic E-state index is 12.1. The van der Waals surface area contributed by atoms with Gasteiger partial charge in [-0.05, 0) is 24.8 Å². The van der Waals surface area contributed by atoms with Crippen molar-refractivity contribution in [2.75, 3.05) is 7.11 Å². The summed E-state index contributed by atoms with van der Waals surface area (Å²) in [5.74, 6) is 1.03. The number of carbonyl (C=O) groups excluding carboxylic acids is 1. The topological polar surface area (TPSA) is 62.1 Å². The van der Waals surface area contributed by atoms with Crippen LogP contribution in [0, 0.1) is 22.7 Å². The van der Waals surface area contributed by atoms with Crippen LogP contribution >= 0.6 is 0 Å². The first-order chi connectivity index (χ1) is 9.11. The van der Waals surface area contributed by atoms with Gasteiger partial charge in [-0.25, -0.2) is 0 Å². The first-order valence-corrected chi connectivity index (χ1v) is 6.43. The Labute approximate surface area is 113 Å². The molecule has 19 heavy (non-hydrogen) atoms. The fourth-order valence-electron chi connectivity index (χ4n) is 2.65. The highest BCUT2D eigenvalue weighted by molar-refractivity contribution is 5.86. The molecule has 0 heterocycles. The van der Waals surface area contributed by atoms with E-state index in [1.54, 1.807) is 7.11 Å². The number of para-hydroxylation sites is 1. The second-order valence-electron chi connectivity index (χ2n) is 5.20. The van der Waals surface area contributed by atoms with Gasteiger partial charge >= 0.3 is 0 Å². The minimum atomic E-state index is -0.818. The van der Waals surface area contributed by atoms with Crippen LogP contribution in [0.1, 0.15) is 25.3 Å². The summed E-state index contributed by atoms with van der Waals surface area (Å²) < 4.78 is 5.23. The molecule has 0 bridgehead atoms. The lowest BCUT2D eigenvalue weighted by atomic mass is 9.63. The molecule has 1 aromatic carbocycles. The standard InChI is InChI=1S/C15H18N2O2/c1-11-7-15(8-11,10-16)14(18)17-9-12-5-3-4-6-13(12)19-2/h3-6,11H,7-9H2,1-2H3,(H,17,18). The molecule has 1 N–H and O–H groups in total. The second kappa shape index (κ2) is 5.31. The van der Waals surface area contributed by atoms with Crippen molar-refractivity contribution in [1.29, 1.82) is 5.26 Å². The number of rotatable bonds is 4. The Bertz CT molecular complexity index is 513. The van der Waals surface area contributed by atoms with Gasteiger partial charge in [0.25, 0.3) is 0 Å². The molecule has 4 nitrogen and oxygen atoms in total. The number of benzene rings is 1. The van der Waals surface area contributed by atoms with Gasteiger partial charge in [-0.3, -0.25) is 4.79 Å². The molecular weight excluding hydrogens is 240 g/mol. The van der Waals surface area contributed by atoms with E-state index in [2.05, 4.69) is 18.3 Å². The van der Waals surface area contributed by atoms with E-state index in [9.17, 15) is 10.1 Å². The minimum absolute atomic E-state index is 0.168. The summed E-state index contributed by atoms with van der Waals surface area (Å²) in [5, 5.41) is 12.0. The Kier molecular flexibility index (Phi) is 3.75. The number of hydrogen-bond donors (Lipinski definition) is 1. The van der Waals surface area contributed by atoms with E-state index in [0.29, 0.717) is 25.3 Å². The summed E-state index contributed by atoms with van der Waals surface area (Å²) in [6.45, 7) is 2.45. The molecule has 0 saturated heterocycles. The highest BCUT2D eigenvalue weighted by Crippen LogP contribution is 2.45. The molecule has 1 amide bonds. The summed E-state index contributed by atoms with van der Waals surface area (Å²) in [5.41, 5.74) is 0.0975. The predicted molar refractivity (Wildman–Crippen MR) is 71.3 cm³/mol. The van der Waals surface area contributed by atoms with Crippen molar-refractivity contribution in [2.45, 2.75) is 26.3 Å². The molecular formula is C15H18N2O2. The van der Waals surface area contributed by atoms with Gasteiger partial charge in [-0.2, -0.15) is 5.26 Å². The molecule has 0 unspecified atom stereocenters. The molecule has 2 rings (SSSR count). The van der Waals surface area contributed by atoms with Gasteiger partial charge < -0.3 is 10.1 Å². The van der Waals surface area contributed by atoms with Crippen molar-refractivity contribution in [3.8, 4) is 11.8 Å². The lowest BCUT2D eigenvalue weighted by molar-refractivity contribution is -0.134. The van der Waals surface area contributed by atoms with Crippen LogP contribution in [0.5, 0.6) is 5.75 Å². The SMILES string of the molecule is COc1ccccc1CNC(=O)C1(C#N)CC(C)C1. The number of methoxy groups -OCH3 is 1. The number of nitrogens with zero attached hydrogens (tertiary/aromatic N) is 1. The van der Waals surface area contributed by atoms with Gasteiger partial charge in [0.05, 0.1) is 13.2 Å². The molecule has 0 spiro atoms. The van der Waals surface area contributed by atoms with E-state index in [1.807, 2.05) is 24.3 Å². The molecule has 1 saturated carbocycles. The number of nitriles is 1. The summed E-state index contributed by atoms with van der Waals surface area (Å²) in [6, 6.07) is 9.71. The lowest BCUT2D eigenvalue weighted by Gasteiger charge is -2.39. The second-order valence-corrected chi connectivity index (χ2v) is 5.20. The Morgan fingerprint density at radius 1 is 1.53 bits per heavy atom. The van der Waals surface area contributed by atoms with Crippen LogP contribution in [-0.4, -0.2) is 13.0 Å². The molecule has 0 aliphatic heterocycles. The summed E-state index contributed by atoms with van der Waals surface area (Å²) in [6.07, 6.45) is 1.31. The Morgan fingerprint density at radius 2 is 2.21 bits per heavy atom. The van der Waals surface area contributed by atoms with Crippen molar-refractivity contribution < 1.29 is 9.53 Å². The molecule has 1 fully saturated rings. The highest BCUT2D eigenvalue weighted by atomic mass is 16.5. The third-order valence-electron chi connectivity index (χ3n) is 3.67. The maximum Gasteiger partial charge on any atom is 0.240 e. The van der Waals surface area contributed by atoms with E-state index in [-0.39, 0.29) is 5.91 Å². The predicted octanol–water partition coefficient (Wildman–Crippen LogP) is 2.25. The fraction of sp³-hybridized carbons (Fsp3) is 0.467. The van der Waals surface area contributed by atoms with Crippen LogP contribution in [0.3, 0.4) is 0 Å². The third-order valence-corrected chi connectivity index (χ3v) is 3.67. The monoisotopic (exact) mass is 258 g/mol. The van der Waals surface area contributed by atoms with E-state index >= 15 is 0 Å². The van der Waals surface area contributed by atoms with Crippen LogP contribution < -0.4 is 10.1 Å². The summed E-state index contributed by atoms with van der Waals surface area (Å²) in [4.78, 5) is 12.1. The van der Waals surface area contributed by atoms with E-state index < -0.39 is 5.41 Å². The van der Waals surface area contributed by atoms with Gasteiger partial charge in [0.2, 0.25) is 5.91 Å². The average molecular weight is 258 g/mol. The zero-order valence-electron chi connectivity index (χ0n) is 11.3. The zero-order valence-corrected chi connectivity index (χ0v) is 11.3. The summed E-state index contributed by atoms with van der Waals surface area (Å²) in [7, 11) is 1.60. The van der Waals surface area contributed by atoms with Crippen molar-refractivity contribution in [2.24, 2.45) is 11.3 Å². The number of nitrogens with one attached hydrogen (secondary N) is 1. The van der Waals surface area contributed by atoms with Gasteiger partial charge in [0.15, 0.2) is 0 Å². The number of ether oxygens (including phenoxy) is 1. The molecule has 0 atom stereocenters. The smallest absolute Gasteiger partial charge is 0.240 e.